The van der Waals surface area contributed by atoms with Gasteiger partial charge in [0.25, 0.3) is 0 Å². The van der Waals surface area contributed by atoms with Gasteiger partial charge in [0.1, 0.15) is 0 Å². The summed E-state index contributed by atoms with van der Waals surface area (Å²) in [6.45, 7) is 4.85. The van der Waals surface area contributed by atoms with Gasteiger partial charge >= 0.3 is 5.69 Å². The van der Waals surface area contributed by atoms with Crippen molar-refractivity contribution in [2.24, 2.45) is 12.1 Å². The highest BCUT2D eigenvalue weighted by molar-refractivity contribution is 6.30. The quantitative estimate of drug-likeness (QED) is 0.377. The summed E-state index contributed by atoms with van der Waals surface area (Å²) in [4.78, 5) is 15.6. The van der Waals surface area contributed by atoms with E-state index in [-0.39, 0.29) is 11.6 Å². The smallest absolute Gasteiger partial charge is 0.351 e. The van der Waals surface area contributed by atoms with Gasteiger partial charge in [-0.25, -0.2) is 9.80 Å². The largest absolute Gasteiger partial charge is 0.379 e. The molecule has 1 atom stereocenters. The first-order valence-corrected chi connectivity index (χ1v) is 13.2. The Morgan fingerprint density at radius 1 is 0.947 bits per heavy atom. The van der Waals surface area contributed by atoms with Crippen LogP contribution in [0.3, 0.4) is 0 Å². The number of morpholine rings is 1. The van der Waals surface area contributed by atoms with Crippen LogP contribution in [0.1, 0.15) is 22.6 Å². The van der Waals surface area contributed by atoms with E-state index in [9.17, 15) is 4.79 Å². The van der Waals surface area contributed by atoms with E-state index in [1.807, 2.05) is 59.6 Å². The minimum Gasteiger partial charge on any atom is -0.379 e. The third-order valence-corrected chi connectivity index (χ3v) is 7.39. The zero-order valence-corrected chi connectivity index (χ0v) is 22.0. The summed E-state index contributed by atoms with van der Waals surface area (Å²) in [5.74, 6) is 0.523. The van der Waals surface area contributed by atoms with E-state index in [0.717, 1.165) is 55.4 Å². The summed E-state index contributed by atoms with van der Waals surface area (Å²) in [5, 5.41) is 12.2. The van der Waals surface area contributed by atoms with E-state index >= 15 is 0 Å². The molecule has 194 valence electrons. The van der Waals surface area contributed by atoms with Crippen molar-refractivity contribution in [1.82, 2.24) is 19.2 Å². The van der Waals surface area contributed by atoms with E-state index in [1.165, 1.54) is 10.2 Å². The number of ether oxygens (including phenoxy) is 1. The molecule has 0 radical (unpaired) electrons. The number of hydrogen-bond acceptors (Lipinski definition) is 6. The van der Waals surface area contributed by atoms with Crippen LogP contribution < -0.4 is 10.7 Å². The summed E-state index contributed by atoms with van der Waals surface area (Å²) in [7, 11) is 1.74. The summed E-state index contributed by atoms with van der Waals surface area (Å²) in [6, 6.07) is 26.0. The Hall–Kier alpha value is -3.72. The van der Waals surface area contributed by atoms with Gasteiger partial charge in [0.2, 0.25) is 5.95 Å². The first-order chi connectivity index (χ1) is 18.6. The predicted molar refractivity (Wildman–Crippen MR) is 149 cm³/mol. The van der Waals surface area contributed by atoms with Crippen LogP contribution in [0, 0.1) is 0 Å². The Morgan fingerprint density at radius 2 is 1.66 bits per heavy atom. The molecular formula is C29H29ClN6O2. The normalized spacial score (nSPS) is 18.1. The van der Waals surface area contributed by atoms with Crippen LogP contribution in [0.2, 0.25) is 5.02 Å². The second-order valence-electron chi connectivity index (χ2n) is 9.65. The van der Waals surface area contributed by atoms with Gasteiger partial charge in [-0.2, -0.15) is 9.78 Å². The maximum absolute atomic E-state index is 13.2. The molecule has 9 heteroatoms. The van der Waals surface area contributed by atoms with Crippen molar-refractivity contribution in [3.8, 4) is 5.69 Å². The van der Waals surface area contributed by atoms with Crippen LogP contribution in [0.5, 0.6) is 0 Å². The van der Waals surface area contributed by atoms with Gasteiger partial charge < -0.3 is 4.74 Å². The highest BCUT2D eigenvalue weighted by atomic mass is 35.5. The van der Waals surface area contributed by atoms with Gasteiger partial charge in [0, 0.05) is 37.6 Å². The summed E-state index contributed by atoms with van der Waals surface area (Å²) in [5.41, 5.74) is 4.77. The van der Waals surface area contributed by atoms with E-state index < -0.39 is 0 Å². The zero-order chi connectivity index (χ0) is 26.1. The average Bonchev–Trinajstić information content (AvgIpc) is 3.52. The monoisotopic (exact) mass is 528 g/mol. The third-order valence-electron chi connectivity index (χ3n) is 7.14. The number of rotatable bonds is 6. The fraction of sp³-hybridized carbons (Fsp3) is 0.276. The molecule has 8 nitrogen and oxygen atoms in total. The molecule has 4 aromatic rings. The summed E-state index contributed by atoms with van der Waals surface area (Å²) < 4.78 is 8.44. The minimum absolute atomic E-state index is 0.0251. The minimum atomic E-state index is -0.215. The zero-order valence-electron chi connectivity index (χ0n) is 21.2. The third kappa shape index (κ3) is 4.90. The lowest BCUT2D eigenvalue weighted by molar-refractivity contribution is 0.0342. The second kappa shape index (κ2) is 10.6. The van der Waals surface area contributed by atoms with Crippen molar-refractivity contribution in [3.05, 3.63) is 111 Å². The van der Waals surface area contributed by atoms with Crippen LogP contribution in [-0.4, -0.2) is 57.8 Å². The molecule has 1 unspecified atom stereocenters. The van der Waals surface area contributed by atoms with Crippen molar-refractivity contribution in [2.75, 3.05) is 37.9 Å². The van der Waals surface area contributed by atoms with E-state index in [0.29, 0.717) is 17.5 Å². The number of aromatic nitrogens is 3. The Kier molecular flexibility index (Phi) is 6.84. The molecule has 0 aliphatic carbocycles. The molecule has 2 aliphatic heterocycles. The number of anilines is 1. The molecule has 3 heterocycles. The Bertz CT molecular complexity index is 1490. The van der Waals surface area contributed by atoms with E-state index in [1.54, 1.807) is 11.6 Å². The fourth-order valence-electron chi connectivity index (χ4n) is 5.03. The van der Waals surface area contributed by atoms with Crippen LogP contribution in [0.25, 0.3) is 5.69 Å². The number of halogens is 1. The molecule has 0 saturated carbocycles. The van der Waals surface area contributed by atoms with E-state index in [4.69, 9.17) is 26.5 Å². The SMILES string of the molecule is Cn1c(N2CC(c3ccccc3)C(c3ccc(Cl)cc3)=N2)nn(-c2ccc(CN3CCOCC3)cc2)c1=O. The van der Waals surface area contributed by atoms with Crippen LogP contribution in [-0.2, 0) is 18.3 Å². The molecule has 1 aromatic heterocycles. The topological polar surface area (TPSA) is 67.9 Å². The first-order valence-electron chi connectivity index (χ1n) is 12.8. The molecule has 0 bridgehead atoms. The standard InChI is InChI=1S/C29H29ClN6O2/c1-33-28(32-36(29(33)37)25-13-7-21(8-14-25)19-34-15-17-38-18-16-34)35-20-26(22-5-3-2-4-6-22)27(31-35)23-9-11-24(30)12-10-23/h2-14,26H,15-20H2,1H3. The molecule has 1 fully saturated rings. The number of hydrazone groups is 1. The molecule has 6 rings (SSSR count). The van der Waals surface area contributed by atoms with Crippen molar-refractivity contribution < 1.29 is 4.74 Å². The maximum atomic E-state index is 13.2. The molecule has 0 amide bonds. The van der Waals surface area contributed by atoms with Gasteiger partial charge in [0.05, 0.1) is 31.2 Å². The van der Waals surface area contributed by atoms with Crippen molar-refractivity contribution in [2.45, 2.75) is 12.5 Å². The molecular weight excluding hydrogens is 500 g/mol. The Labute approximate surface area is 226 Å². The predicted octanol–water partition coefficient (Wildman–Crippen LogP) is 4.06. The summed E-state index contributed by atoms with van der Waals surface area (Å²) in [6.07, 6.45) is 0. The summed E-state index contributed by atoms with van der Waals surface area (Å²) >= 11 is 6.15. The van der Waals surface area contributed by atoms with E-state index in [2.05, 4.69) is 29.2 Å². The highest BCUT2D eigenvalue weighted by Crippen LogP contribution is 2.31. The van der Waals surface area contributed by atoms with Crippen LogP contribution >= 0.6 is 11.6 Å². The van der Waals surface area contributed by atoms with Gasteiger partial charge in [-0.15, -0.1) is 5.10 Å². The highest BCUT2D eigenvalue weighted by Gasteiger charge is 2.32. The lowest BCUT2D eigenvalue weighted by Crippen LogP contribution is -2.35. The molecule has 2 aliphatic rings. The maximum Gasteiger partial charge on any atom is 0.351 e. The molecule has 0 spiro atoms. The number of nitrogens with zero attached hydrogens (tertiary/aromatic N) is 6. The van der Waals surface area contributed by atoms with Gasteiger partial charge in [0.15, 0.2) is 0 Å². The van der Waals surface area contributed by atoms with Gasteiger partial charge in [-0.05, 0) is 41.0 Å². The average molecular weight is 529 g/mol. The number of benzene rings is 3. The van der Waals surface area contributed by atoms with Crippen LogP contribution in [0.15, 0.2) is 88.8 Å². The molecule has 3 aromatic carbocycles. The molecule has 38 heavy (non-hydrogen) atoms. The van der Waals surface area contributed by atoms with Crippen molar-refractivity contribution >= 4 is 23.3 Å². The Balaban J connectivity index is 1.30. The van der Waals surface area contributed by atoms with Gasteiger partial charge in [-0.1, -0.05) is 66.2 Å². The lowest BCUT2D eigenvalue weighted by atomic mass is 9.91. The van der Waals surface area contributed by atoms with Crippen LogP contribution in [0.4, 0.5) is 5.95 Å². The molecule has 1 saturated heterocycles. The number of hydrogen-bond donors (Lipinski definition) is 0. The fourth-order valence-corrected chi connectivity index (χ4v) is 5.16. The van der Waals surface area contributed by atoms with Crippen molar-refractivity contribution in [1.29, 1.82) is 0 Å². The Morgan fingerprint density at radius 3 is 2.37 bits per heavy atom. The lowest BCUT2D eigenvalue weighted by Gasteiger charge is -2.26. The first kappa shape index (κ1) is 24.6. The van der Waals surface area contributed by atoms with Crippen molar-refractivity contribution in [3.63, 3.8) is 0 Å². The molecule has 0 N–H and O–H groups in total. The van der Waals surface area contributed by atoms with Gasteiger partial charge in [-0.3, -0.25) is 9.47 Å². The second-order valence-corrected chi connectivity index (χ2v) is 10.1.